The topological polar surface area (TPSA) is 35.5 Å². The minimum Gasteiger partial charge on any atom is -0.452 e. The Morgan fingerprint density at radius 1 is 1.31 bits per heavy atom. The second kappa shape index (κ2) is 6.28. The lowest BCUT2D eigenvalue weighted by Gasteiger charge is -2.21. The van der Waals surface area contributed by atoms with E-state index >= 15 is 0 Å². The lowest BCUT2D eigenvalue weighted by Crippen LogP contribution is -2.27. The second-order valence-electron chi connectivity index (χ2n) is 4.25. The zero-order valence-corrected chi connectivity index (χ0v) is 10.3. The molecule has 0 aromatic carbocycles. The molecular formula is C13H20O3. The van der Waals surface area contributed by atoms with Gasteiger partial charge in [0.15, 0.2) is 0 Å². The summed E-state index contributed by atoms with van der Waals surface area (Å²) in [7, 11) is 0. The molecule has 0 fully saturated rings. The summed E-state index contributed by atoms with van der Waals surface area (Å²) in [6.45, 7) is 16.8. The standard InChI is InChI=1S/C13H20O3/c1-7-13(5,6)16-12(14)11(4)9-15-8-10(2)3/h7H,1-2,4,8-9H2,3,5-6H3. The van der Waals surface area contributed by atoms with Gasteiger partial charge in [-0.1, -0.05) is 25.3 Å². The van der Waals surface area contributed by atoms with Crippen LogP contribution in [-0.2, 0) is 14.3 Å². The van der Waals surface area contributed by atoms with Crippen LogP contribution in [0, 0.1) is 0 Å². The smallest absolute Gasteiger partial charge is 0.336 e. The first kappa shape index (κ1) is 14.6. The molecule has 0 heterocycles. The molecule has 0 aliphatic carbocycles. The van der Waals surface area contributed by atoms with Gasteiger partial charge in [0.2, 0.25) is 0 Å². The van der Waals surface area contributed by atoms with Crippen LogP contribution in [-0.4, -0.2) is 24.8 Å². The Morgan fingerprint density at radius 2 is 1.88 bits per heavy atom. The van der Waals surface area contributed by atoms with Crippen LogP contribution in [0.15, 0.2) is 37.0 Å². The van der Waals surface area contributed by atoms with E-state index in [4.69, 9.17) is 9.47 Å². The van der Waals surface area contributed by atoms with Gasteiger partial charge in [0.05, 0.1) is 18.8 Å². The molecule has 0 N–H and O–H groups in total. The Kier molecular flexibility index (Phi) is 5.75. The monoisotopic (exact) mass is 224 g/mol. The van der Waals surface area contributed by atoms with E-state index in [9.17, 15) is 4.79 Å². The van der Waals surface area contributed by atoms with Crippen molar-refractivity contribution >= 4 is 5.97 Å². The van der Waals surface area contributed by atoms with Crippen LogP contribution in [0.3, 0.4) is 0 Å². The SMILES string of the molecule is C=CC(C)(C)OC(=O)C(=C)COCC(=C)C. The van der Waals surface area contributed by atoms with Gasteiger partial charge in [0.1, 0.15) is 5.60 Å². The van der Waals surface area contributed by atoms with E-state index in [1.54, 1.807) is 19.9 Å². The molecule has 0 radical (unpaired) electrons. The van der Waals surface area contributed by atoms with Gasteiger partial charge in [-0.3, -0.25) is 0 Å². The van der Waals surface area contributed by atoms with E-state index in [1.807, 2.05) is 6.92 Å². The van der Waals surface area contributed by atoms with E-state index in [2.05, 4.69) is 19.7 Å². The summed E-state index contributed by atoms with van der Waals surface area (Å²) in [6.07, 6.45) is 1.56. The molecule has 3 heteroatoms. The van der Waals surface area contributed by atoms with E-state index in [1.165, 1.54) is 0 Å². The molecule has 0 bridgehead atoms. The first-order valence-corrected chi connectivity index (χ1v) is 5.05. The van der Waals surface area contributed by atoms with Crippen molar-refractivity contribution in [3.63, 3.8) is 0 Å². The molecule has 0 atom stereocenters. The third kappa shape index (κ3) is 6.19. The molecule has 0 aromatic rings. The van der Waals surface area contributed by atoms with Gasteiger partial charge in [0.25, 0.3) is 0 Å². The predicted molar refractivity (Wildman–Crippen MR) is 65.1 cm³/mol. The molecule has 0 unspecified atom stereocenters. The molecular weight excluding hydrogens is 204 g/mol. The van der Waals surface area contributed by atoms with Crippen LogP contribution in [0.2, 0.25) is 0 Å². The number of hydrogen-bond donors (Lipinski definition) is 0. The first-order valence-electron chi connectivity index (χ1n) is 5.05. The average Bonchev–Trinajstić information content (AvgIpc) is 2.16. The Bertz CT molecular complexity index is 300. The first-order chi connectivity index (χ1) is 7.28. The third-order valence-corrected chi connectivity index (χ3v) is 1.76. The molecule has 0 saturated heterocycles. The van der Waals surface area contributed by atoms with Crippen LogP contribution < -0.4 is 0 Å². The Balaban J connectivity index is 4.05. The summed E-state index contributed by atoms with van der Waals surface area (Å²) < 4.78 is 10.3. The van der Waals surface area contributed by atoms with Crippen molar-refractivity contribution in [1.29, 1.82) is 0 Å². The van der Waals surface area contributed by atoms with Gasteiger partial charge in [-0.05, 0) is 26.8 Å². The molecule has 16 heavy (non-hydrogen) atoms. The highest BCUT2D eigenvalue weighted by Crippen LogP contribution is 2.12. The summed E-state index contributed by atoms with van der Waals surface area (Å²) in [4.78, 5) is 11.5. The fraction of sp³-hybridized carbons (Fsp3) is 0.462. The highest BCUT2D eigenvalue weighted by atomic mass is 16.6. The fourth-order valence-corrected chi connectivity index (χ4v) is 0.760. The highest BCUT2D eigenvalue weighted by molar-refractivity contribution is 5.88. The van der Waals surface area contributed by atoms with E-state index in [-0.39, 0.29) is 12.2 Å². The molecule has 0 aromatic heterocycles. The Hall–Kier alpha value is -1.35. The van der Waals surface area contributed by atoms with Gasteiger partial charge in [-0.25, -0.2) is 4.79 Å². The fourth-order valence-electron chi connectivity index (χ4n) is 0.760. The van der Waals surface area contributed by atoms with Gasteiger partial charge < -0.3 is 9.47 Å². The zero-order valence-electron chi connectivity index (χ0n) is 10.3. The van der Waals surface area contributed by atoms with Crippen LogP contribution in [0.5, 0.6) is 0 Å². The van der Waals surface area contributed by atoms with Crippen molar-refractivity contribution < 1.29 is 14.3 Å². The van der Waals surface area contributed by atoms with Crippen LogP contribution in [0.25, 0.3) is 0 Å². The summed E-state index contributed by atoms with van der Waals surface area (Å²) in [5, 5.41) is 0. The molecule has 0 amide bonds. The summed E-state index contributed by atoms with van der Waals surface area (Å²) in [6, 6.07) is 0. The zero-order chi connectivity index (χ0) is 12.8. The molecule has 0 rings (SSSR count). The molecule has 0 saturated carbocycles. The maximum atomic E-state index is 11.5. The minimum absolute atomic E-state index is 0.152. The normalized spacial score (nSPS) is 10.7. The highest BCUT2D eigenvalue weighted by Gasteiger charge is 2.20. The van der Waals surface area contributed by atoms with Gasteiger partial charge in [0, 0.05) is 0 Å². The molecule has 0 aliphatic rings. The van der Waals surface area contributed by atoms with Crippen molar-refractivity contribution in [3.05, 3.63) is 37.0 Å². The number of carbonyl (C=O) groups is 1. The van der Waals surface area contributed by atoms with E-state index < -0.39 is 11.6 Å². The molecule has 3 nitrogen and oxygen atoms in total. The van der Waals surface area contributed by atoms with Gasteiger partial charge in [-0.2, -0.15) is 0 Å². The Labute approximate surface area is 97.4 Å². The Morgan fingerprint density at radius 3 is 2.31 bits per heavy atom. The van der Waals surface area contributed by atoms with Crippen molar-refractivity contribution in [2.45, 2.75) is 26.4 Å². The van der Waals surface area contributed by atoms with E-state index in [0.29, 0.717) is 6.61 Å². The lowest BCUT2D eigenvalue weighted by atomic mass is 10.1. The number of hydrogen-bond acceptors (Lipinski definition) is 3. The maximum absolute atomic E-state index is 11.5. The van der Waals surface area contributed by atoms with Gasteiger partial charge >= 0.3 is 5.97 Å². The van der Waals surface area contributed by atoms with Crippen molar-refractivity contribution in [3.8, 4) is 0 Å². The summed E-state index contributed by atoms with van der Waals surface area (Å²) in [5.74, 6) is -0.466. The van der Waals surface area contributed by atoms with Crippen molar-refractivity contribution in [1.82, 2.24) is 0 Å². The van der Waals surface area contributed by atoms with Crippen LogP contribution >= 0.6 is 0 Å². The third-order valence-electron chi connectivity index (χ3n) is 1.76. The van der Waals surface area contributed by atoms with Crippen LogP contribution in [0.1, 0.15) is 20.8 Å². The quantitative estimate of drug-likeness (QED) is 0.379. The predicted octanol–water partition coefficient (Wildman–Crippen LogP) is 2.64. The number of esters is 1. The van der Waals surface area contributed by atoms with Crippen LogP contribution in [0.4, 0.5) is 0 Å². The maximum Gasteiger partial charge on any atom is 0.336 e. The summed E-state index contributed by atoms with van der Waals surface area (Å²) >= 11 is 0. The molecule has 90 valence electrons. The molecule has 0 aliphatic heterocycles. The minimum atomic E-state index is -0.686. The van der Waals surface area contributed by atoms with E-state index in [0.717, 1.165) is 5.57 Å². The second-order valence-corrected chi connectivity index (χ2v) is 4.25. The van der Waals surface area contributed by atoms with Gasteiger partial charge in [-0.15, -0.1) is 0 Å². The summed E-state index contributed by atoms with van der Waals surface area (Å²) in [5.41, 5.74) is 0.498. The number of carbonyl (C=O) groups excluding carboxylic acids is 1. The molecule has 0 spiro atoms. The average molecular weight is 224 g/mol. The lowest BCUT2D eigenvalue weighted by molar-refractivity contribution is -0.148. The largest absolute Gasteiger partial charge is 0.452 e. The number of ether oxygens (including phenoxy) is 2. The number of rotatable bonds is 7. The van der Waals surface area contributed by atoms with Crippen molar-refractivity contribution in [2.24, 2.45) is 0 Å². The van der Waals surface area contributed by atoms with Crippen molar-refractivity contribution in [2.75, 3.05) is 13.2 Å².